The molecule has 0 aliphatic carbocycles. The number of amidine groups is 1. The number of para-hydroxylation sites is 1. The van der Waals surface area contributed by atoms with Gasteiger partial charge in [0.05, 0.1) is 11.6 Å². The molecular weight excluding hydrogens is 285 g/mol. The van der Waals surface area contributed by atoms with Crippen molar-refractivity contribution < 1.29 is 14.0 Å². The molecule has 2 rings (SSSR count). The molecule has 0 amide bonds. The van der Waals surface area contributed by atoms with E-state index in [9.17, 15) is 4.39 Å². The predicted octanol–water partition coefficient (Wildman–Crippen LogP) is 2.57. The molecule has 0 spiro atoms. The molecule has 0 aliphatic heterocycles. The summed E-state index contributed by atoms with van der Waals surface area (Å²) in [4.78, 5) is 4.98. The van der Waals surface area contributed by atoms with Gasteiger partial charge in [-0.1, -0.05) is 29.4 Å². The minimum atomic E-state index is -0.520. The second-order valence-electron chi connectivity index (χ2n) is 4.38. The molecule has 0 fully saturated rings. The predicted molar refractivity (Wildman–Crippen MR) is 79.5 cm³/mol. The lowest BCUT2D eigenvalue weighted by atomic mass is 10.1. The molecule has 2 aromatic rings. The van der Waals surface area contributed by atoms with Gasteiger partial charge in [0, 0.05) is 5.56 Å². The van der Waals surface area contributed by atoms with E-state index in [-0.39, 0.29) is 24.6 Å². The van der Waals surface area contributed by atoms with E-state index in [0.29, 0.717) is 11.3 Å². The van der Waals surface area contributed by atoms with Crippen LogP contribution in [0.4, 0.5) is 4.39 Å². The van der Waals surface area contributed by atoms with Gasteiger partial charge in [0.1, 0.15) is 24.8 Å². The molecule has 0 unspecified atom stereocenters. The van der Waals surface area contributed by atoms with Gasteiger partial charge in [-0.05, 0) is 24.3 Å². The maximum absolute atomic E-state index is 13.6. The van der Waals surface area contributed by atoms with Crippen LogP contribution in [0, 0.1) is 17.1 Å². The third-order valence-electron chi connectivity index (χ3n) is 2.71. The van der Waals surface area contributed by atoms with Gasteiger partial charge in [-0.2, -0.15) is 5.26 Å². The number of nitrogens with zero attached hydrogens (tertiary/aromatic N) is 2. The first-order valence-electron chi connectivity index (χ1n) is 6.49. The van der Waals surface area contributed by atoms with Crippen LogP contribution >= 0.6 is 0 Å². The number of rotatable bonds is 6. The maximum Gasteiger partial charge on any atom is 0.177 e. The zero-order valence-corrected chi connectivity index (χ0v) is 11.7. The lowest BCUT2D eigenvalue weighted by Crippen LogP contribution is -2.21. The van der Waals surface area contributed by atoms with Gasteiger partial charge in [0.25, 0.3) is 0 Å². The quantitative estimate of drug-likeness (QED) is 0.505. The van der Waals surface area contributed by atoms with Crippen LogP contribution < -0.4 is 10.5 Å². The highest BCUT2D eigenvalue weighted by atomic mass is 19.1. The Balaban J connectivity index is 1.83. The molecule has 0 heterocycles. The summed E-state index contributed by atoms with van der Waals surface area (Å²) in [5, 5.41) is 12.3. The smallest absolute Gasteiger partial charge is 0.177 e. The SMILES string of the molecule is N#Cc1ccc(CON=C(N)COc2ccccc2)c(F)c1. The van der Waals surface area contributed by atoms with Crippen LogP contribution in [0.15, 0.2) is 53.7 Å². The average Bonchev–Trinajstić information content (AvgIpc) is 2.55. The van der Waals surface area contributed by atoms with Crippen LogP contribution in [0.2, 0.25) is 0 Å². The van der Waals surface area contributed by atoms with Gasteiger partial charge in [-0.25, -0.2) is 4.39 Å². The molecule has 5 nitrogen and oxygen atoms in total. The van der Waals surface area contributed by atoms with E-state index < -0.39 is 5.82 Å². The first kappa shape index (κ1) is 15.3. The summed E-state index contributed by atoms with van der Waals surface area (Å²) >= 11 is 0. The Kier molecular flexibility index (Phi) is 5.32. The first-order chi connectivity index (χ1) is 10.7. The van der Waals surface area contributed by atoms with E-state index in [1.807, 2.05) is 24.3 Å². The van der Waals surface area contributed by atoms with Crippen molar-refractivity contribution in [3.05, 3.63) is 65.5 Å². The van der Waals surface area contributed by atoms with E-state index in [1.54, 1.807) is 12.1 Å². The molecule has 0 bridgehead atoms. The number of nitriles is 1. The van der Waals surface area contributed by atoms with Crippen LogP contribution in [-0.4, -0.2) is 12.4 Å². The molecule has 0 saturated carbocycles. The summed E-state index contributed by atoms with van der Waals surface area (Å²) in [7, 11) is 0. The van der Waals surface area contributed by atoms with Crippen LogP contribution in [0.3, 0.4) is 0 Å². The topological polar surface area (TPSA) is 80.6 Å². The van der Waals surface area contributed by atoms with E-state index in [0.717, 1.165) is 6.07 Å². The van der Waals surface area contributed by atoms with Crippen molar-refractivity contribution in [3.63, 3.8) is 0 Å². The third kappa shape index (κ3) is 4.49. The van der Waals surface area contributed by atoms with Gasteiger partial charge in [0.2, 0.25) is 0 Å². The number of benzene rings is 2. The summed E-state index contributed by atoms with van der Waals surface area (Å²) in [6.07, 6.45) is 0. The lowest BCUT2D eigenvalue weighted by Gasteiger charge is -2.06. The number of hydrogen-bond donors (Lipinski definition) is 1. The van der Waals surface area contributed by atoms with Crippen molar-refractivity contribution in [2.75, 3.05) is 6.61 Å². The zero-order valence-electron chi connectivity index (χ0n) is 11.7. The molecule has 2 aromatic carbocycles. The number of ether oxygens (including phenoxy) is 1. The largest absolute Gasteiger partial charge is 0.486 e. The number of nitrogens with two attached hydrogens (primary N) is 1. The van der Waals surface area contributed by atoms with Gasteiger partial charge >= 0.3 is 0 Å². The Hall–Kier alpha value is -3.07. The van der Waals surface area contributed by atoms with Crippen molar-refractivity contribution in [1.82, 2.24) is 0 Å². The Morgan fingerprint density at radius 1 is 1.23 bits per heavy atom. The molecule has 0 atom stereocenters. The maximum atomic E-state index is 13.6. The summed E-state index contributed by atoms with van der Waals surface area (Å²) in [5.41, 5.74) is 6.17. The molecule has 112 valence electrons. The second-order valence-corrected chi connectivity index (χ2v) is 4.38. The van der Waals surface area contributed by atoms with Crippen molar-refractivity contribution in [2.24, 2.45) is 10.9 Å². The van der Waals surface area contributed by atoms with E-state index in [2.05, 4.69) is 5.16 Å². The number of hydrogen-bond acceptors (Lipinski definition) is 4. The molecular formula is C16H14FN3O2. The van der Waals surface area contributed by atoms with E-state index in [4.69, 9.17) is 20.6 Å². The fourth-order valence-corrected chi connectivity index (χ4v) is 1.62. The van der Waals surface area contributed by atoms with E-state index >= 15 is 0 Å². The minimum Gasteiger partial charge on any atom is -0.486 e. The highest BCUT2D eigenvalue weighted by molar-refractivity contribution is 5.81. The Morgan fingerprint density at radius 3 is 2.68 bits per heavy atom. The summed E-state index contributed by atoms with van der Waals surface area (Å²) in [6, 6.07) is 15.1. The Morgan fingerprint density at radius 2 is 2.00 bits per heavy atom. The van der Waals surface area contributed by atoms with E-state index in [1.165, 1.54) is 12.1 Å². The van der Waals surface area contributed by atoms with Gasteiger partial charge in [0.15, 0.2) is 5.84 Å². The summed E-state index contributed by atoms with van der Waals surface area (Å²) in [5.74, 6) is 0.282. The molecule has 0 radical (unpaired) electrons. The Bertz CT molecular complexity index is 696. The van der Waals surface area contributed by atoms with Gasteiger partial charge in [-0.3, -0.25) is 0 Å². The minimum absolute atomic E-state index is 0.0693. The van der Waals surface area contributed by atoms with Crippen molar-refractivity contribution >= 4 is 5.84 Å². The summed E-state index contributed by atoms with van der Waals surface area (Å²) in [6.45, 7) is -0.0105. The Labute approximate surface area is 127 Å². The second kappa shape index (κ2) is 7.64. The zero-order chi connectivity index (χ0) is 15.8. The van der Waals surface area contributed by atoms with Gasteiger partial charge in [-0.15, -0.1) is 0 Å². The fraction of sp³-hybridized carbons (Fsp3) is 0.125. The molecule has 0 aromatic heterocycles. The van der Waals surface area contributed by atoms with Gasteiger partial charge < -0.3 is 15.3 Å². The third-order valence-corrected chi connectivity index (χ3v) is 2.71. The van der Waals surface area contributed by atoms with Crippen molar-refractivity contribution in [2.45, 2.75) is 6.61 Å². The highest BCUT2D eigenvalue weighted by Gasteiger charge is 2.04. The highest BCUT2D eigenvalue weighted by Crippen LogP contribution is 2.11. The van der Waals surface area contributed by atoms with Crippen LogP contribution in [0.25, 0.3) is 0 Å². The standard InChI is InChI=1S/C16H14FN3O2/c17-15-8-12(9-18)6-7-13(15)10-22-20-16(19)11-21-14-4-2-1-3-5-14/h1-8H,10-11H2,(H2,19,20). The number of halogens is 1. The summed E-state index contributed by atoms with van der Waals surface area (Å²) < 4.78 is 19.0. The molecule has 2 N–H and O–H groups in total. The fourth-order valence-electron chi connectivity index (χ4n) is 1.62. The number of oxime groups is 1. The van der Waals surface area contributed by atoms with Crippen molar-refractivity contribution in [3.8, 4) is 11.8 Å². The van der Waals surface area contributed by atoms with Crippen LogP contribution in [-0.2, 0) is 11.4 Å². The average molecular weight is 299 g/mol. The molecule has 22 heavy (non-hydrogen) atoms. The van der Waals surface area contributed by atoms with Crippen molar-refractivity contribution in [1.29, 1.82) is 5.26 Å². The lowest BCUT2D eigenvalue weighted by molar-refractivity contribution is 0.125. The van der Waals surface area contributed by atoms with Crippen LogP contribution in [0.1, 0.15) is 11.1 Å². The molecule has 6 heteroatoms. The normalized spacial score (nSPS) is 10.8. The molecule has 0 saturated heterocycles. The first-order valence-corrected chi connectivity index (χ1v) is 6.49. The monoisotopic (exact) mass is 299 g/mol. The molecule has 0 aliphatic rings. The van der Waals surface area contributed by atoms with Crippen LogP contribution in [0.5, 0.6) is 5.75 Å².